The zero-order valence-corrected chi connectivity index (χ0v) is 18.0. The summed E-state index contributed by atoms with van der Waals surface area (Å²) in [4.78, 5) is 21.7. The molecule has 6 heteroatoms. The van der Waals surface area contributed by atoms with Crippen molar-refractivity contribution in [1.82, 2.24) is 20.1 Å². The minimum absolute atomic E-state index is 0.0145. The van der Waals surface area contributed by atoms with E-state index in [0.29, 0.717) is 13.1 Å². The molecule has 30 heavy (non-hydrogen) atoms. The smallest absolute Gasteiger partial charge is 0.250 e. The van der Waals surface area contributed by atoms with Gasteiger partial charge in [-0.05, 0) is 44.0 Å². The van der Waals surface area contributed by atoms with E-state index >= 15 is 0 Å². The summed E-state index contributed by atoms with van der Waals surface area (Å²) in [5, 5.41) is 3.06. The van der Waals surface area contributed by atoms with Crippen molar-refractivity contribution in [2.75, 3.05) is 33.2 Å². The molecular formula is C24H32N4O2. The zero-order chi connectivity index (χ0) is 21.0. The van der Waals surface area contributed by atoms with Crippen molar-refractivity contribution in [2.45, 2.75) is 44.6 Å². The van der Waals surface area contributed by atoms with Crippen LogP contribution in [0.15, 0.2) is 48.8 Å². The van der Waals surface area contributed by atoms with Crippen LogP contribution < -0.4 is 5.32 Å². The van der Waals surface area contributed by atoms with Gasteiger partial charge in [0.1, 0.15) is 6.10 Å². The van der Waals surface area contributed by atoms with Crippen molar-refractivity contribution in [1.29, 1.82) is 0 Å². The average Bonchev–Trinajstić information content (AvgIpc) is 2.75. The van der Waals surface area contributed by atoms with Gasteiger partial charge in [-0.3, -0.25) is 14.7 Å². The Morgan fingerprint density at radius 3 is 2.67 bits per heavy atom. The van der Waals surface area contributed by atoms with Crippen LogP contribution in [0.2, 0.25) is 0 Å². The van der Waals surface area contributed by atoms with E-state index in [-0.39, 0.29) is 11.5 Å². The zero-order valence-electron chi connectivity index (χ0n) is 18.0. The molecule has 2 aromatic rings. The minimum Gasteiger partial charge on any atom is -0.359 e. The molecule has 1 amide bonds. The lowest BCUT2D eigenvalue weighted by molar-refractivity contribution is -0.182. The number of pyridine rings is 1. The van der Waals surface area contributed by atoms with Gasteiger partial charge in [0.15, 0.2) is 0 Å². The number of likely N-dealkylation sites (N-methyl/N-ethyl adjacent to an activating group) is 1. The minimum atomic E-state index is -0.418. The second kappa shape index (κ2) is 9.25. The van der Waals surface area contributed by atoms with Crippen molar-refractivity contribution < 1.29 is 9.53 Å². The van der Waals surface area contributed by atoms with Crippen molar-refractivity contribution in [3.05, 3.63) is 65.5 Å². The molecule has 1 atom stereocenters. The van der Waals surface area contributed by atoms with Crippen LogP contribution in [0.25, 0.3) is 0 Å². The number of carbonyl (C=O) groups is 1. The van der Waals surface area contributed by atoms with Crippen LogP contribution in [0.5, 0.6) is 0 Å². The van der Waals surface area contributed by atoms with E-state index in [1.807, 2.05) is 18.5 Å². The summed E-state index contributed by atoms with van der Waals surface area (Å²) in [6.45, 7) is 6.99. The molecule has 1 N–H and O–H groups in total. The molecule has 2 fully saturated rings. The molecule has 6 nitrogen and oxygen atoms in total. The number of aromatic nitrogens is 1. The van der Waals surface area contributed by atoms with Crippen LogP contribution in [0.4, 0.5) is 0 Å². The van der Waals surface area contributed by atoms with Gasteiger partial charge in [0.25, 0.3) is 5.91 Å². The molecule has 2 aliphatic heterocycles. The monoisotopic (exact) mass is 408 g/mol. The van der Waals surface area contributed by atoms with E-state index < -0.39 is 6.10 Å². The van der Waals surface area contributed by atoms with Gasteiger partial charge in [-0.25, -0.2) is 0 Å². The first kappa shape index (κ1) is 21.0. The molecule has 1 spiro atoms. The number of nitrogens with zero attached hydrogens (tertiary/aromatic N) is 3. The van der Waals surface area contributed by atoms with E-state index in [1.165, 1.54) is 11.1 Å². The van der Waals surface area contributed by atoms with Gasteiger partial charge in [-0.15, -0.1) is 0 Å². The Morgan fingerprint density at radius 2 is 1.97 bits per heavy atom. The molecule has 1 aromatic carbocycles. The third-order valence-corrected chi connectivity index (χ3v) is 6.20. The summed E-state index contributed by atoms with van der Waals surface area (Å²) in [6, 6.07) is 12.4. The number of morpholine rings is 1. The Bertz CT molecular complexity index is 832. The van der Waals surface area contributed by atoms with Gasteiger partial charge in [0.2, 0.25) is 0 Å². The van der Waals surface area contributed by atoms with Gasteiger partial charge < -0.3 is 15.0 Å². The fraction of sp³-hybridized carbons (Fsp3) is 0.500. The van der Waals surface area contributed by atoms with Crippen LogP contribution in [0.3, 0.4) is 0 Å². The van der Waals surface area contributed by atoms with Crippen LogP contribution >= 0.6 is 0 Å². The topological polar surface area (TPSA) is 57.7 Å². The molecule has 0 bridgehead atoms. The Kier molecular flexibility index (Phi) is 6.46. The Hall–Kier alpha value is -2.28. The SMILES string of the molecule is Cc1ccc(CNC(=O)[C@H]2CN(C)CC3(CCN(Cc4cccnc4)CC3)O2)cc1. The second-order valence-electron chi connectivity index (χ2n) is 8.83. The summed E-state index contributed by atoms with van der Waals surface area (Å²) in [6.07, 6.45) is 5.21. The average molecular weight is 409 g/mol. The molecule has 0 radical (unpaired) electrons. The number of amides is 1. The van der Waals surface area contributed by atoms with Crippen LogP contribution in [-0.2, 0) is 22.6 Å². The summed E-state index contributed by atoms with van der Waals surface area (Å²) >= 11 is 0. The molecule has 0 saturated carbocycles. The summed E-state index contributed by atoms with van der Waals surface area (Å²) < 4.78 is 6.46. The van der Waals surface area contributed by atoms with E-state index in [9.17, 15) is 4.79 Å². The number of aryl methyl sites for hydroxylation is 1. The predicted molar refractivity (Wildman–Crippen MR) is 117 cm³/mol. The maximum Gasteiger partial charge on any atom is 0.250 e. The van der Waals surface area contributed by atoms with E-state index in [1.54, 1.807) is 0 Å². The molecule has 160 valence electrons. The van der Waals surface area contributed by atoms with Gasteiger partial charge in [-0.2, -0.15) is 0 Å². The number of rotatable bonds is 5. The standard InChI is InChI=1S/C24H32N4O2/c1-19-5-7-20(8-6-19)15-26-23(29)22-17-27(2)18-24(30-22)9-12-28(13-10-24)16-21-4-3-11-25-14-21/h3-8,11,14,22H,9-10,12-13,15-18H2,1-2H3,(H,26,29)/t22-/m1/s1. The second-order valence-corrected chi connectivity index (χ2v) is 8.83. The molecule has 4 rings (SSSR count). The number of likely N-dealkylation sites (tertiary alicyclic amines) is 1. The number of carbonyl (C=O) groups excluding carboxylic acids is 1. The lowest BCUT2D eigenvalue weighted by Crippen LogP contribution is -2.61. The number of hydrogen-bond donors (Lipinski definition) is 1. The van der Waals surface area contributed by atoms with Gasteiger partial charge >= 0.3 is 0 Å². The number of piperidine rings is 1. The first-order valence-electron chi connectivity index (χ1n) is 10.8. The third kappa shape index (κ3) is 5.25. The fourth-order valence-corrected chi connectivity index (χ4v) is 4.51. The first-order valence-corrected chi connectivity index (χ1v) is 10.8. The molecule has 1 aromatic heterocycles. The van der Waals surface area contributed by atoms with Gasteiger partial charge in [0, 0.05) is 51.7 Å². The van der Waals surface area contributed by atoms with Crippen LogP contribution in [0, 0.1) is 6.92 Å². The molecule has 0 aliphatic carbocycles. The van der Waals surface area contributed by atoms with E-state index in [0.717, 1.165) is 44.6 Å². The highest BCUT2D eigenvalue weighted by atomic mass is 16.5. The predicted octanol–water partition coefficient (Wildman–Crippen LogP) is 2.37. The van der Waals surface area contributed by atoms with E-state index in [2.05, 4.69) is 64.4 Å². The largest absolute Gasteiger partial charge is 0.359 e. The molecular weight excluding hydrogens is 376 g/mol. The van der Waals surface area contributed by atoms with Gasteiger partial charge in [-0.1, -0.05) is 35.9 Å². The first-order chi connectivity index (χ1) is 14.5. The third-order valence-electron chi connectivity index (χ3n) is 6.20. The highest BCUT2D eigenvalue weighted by Gasteiger charge is 2.43. The number of benzene rings is 1. The number of hydrogen-bond acceptors (Lipinski definition) is 5. The molecule has 2 saturated heterocycles. The Labute approximate surface area is 179 Å². The van der Waals surface area contributed by atoms with Crippen LogP contribution in [0.1, 0.15) is 29.5 Å². The molecule has 3 heterocycles. The van der Waals surface area contributed by atoms with Crippen molar-refractivity contribution in [3.8, 4) is 0 Å². The van der Waals surface area contributed by atoms with Crippen molar-refractivity contribution >= 4 is 5.91 Å². The Balaban J connectivity index is 1.31. The van der Waals surface area contributed by atoms with Gasteiger partial charge in [0.05, 0.1) is 5.60 Å². The van der Waals surface area contributed by atoms with Crippen molar-refractivity contribution in [2.24, 2.45) is 0 Å². The fourth-order valence-electron chi connectivity index (χ4n) is 4.51. The summed E-state index contributed by atoms with van der Waals surface area (Å²) in [5.74, 6) is -0.0145. The normalized spacial score (nSPS) is 22.1. The molecule has 2 aliphatic rings. The maximum atomic E-state index is 12.8. The number of ether oxygens (including phenoxy) is 1. The molecule has 0 unspecified atom stereocenters. The van der Waals surface area contributed by atoms with E-state index in [4.69, 9.17) is 4.74 Å². The number of nitrogens with one attached hydrogen (secondary N) is 1. The quantitative estimate of drug-likeness (QED) is 0.823. The maximum absolute atomic E-state index is 12.8. The summed E-state index contributed by atoms with van der Waals surface area (Å²) in [7, 11) is 2.09. The highest BCUT2D eigenvalue weighted by Crippen LogP contribution is 2.32. The lowest BCUT2D eigenvalue weighted by atomic mass is 9.88. The highest BCUT2D eigenvalue weighted by molar-refractivity contribution is 5.81. The van der Waals surface area contributed by atoms with Crippen molar-refractivity contribution in [3.63, 3.8) is 0 Å². The summed E-state index contributed by atoms with van der Waals surface area (Å²) in [5.41, 5.74) is 3.34. The lowest BCUT2D eigenvalue weighted by Gasteiger charge is -2.48. The van der Waals surface area contributed by atoms with Crippen LogP contribution in [-0.4, -0.2) is 65.6 Å². The Morgan fingerprint density at radius 1 is 1.20 bits per heavy atom.